The van der Waals surface area contributed by atoms with Crippen LogP contribution in [0.3, 0.4) is 0 Å². The average molecular weight is 196 g/mol. The molecule has 0 unspecified atom stereocenters. The van der Waals surface area contributed by atoms with E-state index in [0.717, 1.165) is 0 Å². The molecule has 0 saturated carbocycles. The van der Waals surface area contributed by atoms with Crippen LogP contribution in [-0.4, -0.2) is 33.8 Å². The third-order valence-corrected chi connectivity index (χ3v) is 1.60. The molecular formula is C9H12N2O3. The maximum atomic E-state index is 11.2. The van der Waals surface area contributed by atoms with Gasteiger partial charge in [-0.05, 0) is 12.1 Å². The maximum absolute atomic E-state index is 11.2. The highest BCUT2D eigenvalue weighted by atomic mass is 16.3. The number of carbonyl (C=O) groups is 1. The molecule has 0 saturated heterocycles. The molecule has 0 bridgehead atoms. The highest BCUT2D eigenvalue weighted by molar-refractivity contribution is 5.90. The fourth-order valence-electron chi connectivity index (χ4n) is 0.926. The summed E-state index contributed by atoms with van der Waals surface area (Å²) < 4.78 is 0. The maximum Gasteiger partial charge on any atom is 0.227 e. The third kappa shape index (κ3) is 3.51. The second-order valence-electron chi connectivity index (χ2n) is 2.82. The Kier molecular flexibility index (Phi) is 4.03. The summed E-state index contributed by atoms with van der Waals surface area (Å²) in [5, 5.41) is 20.1. The Bertz CT molecular complexity index is 289. The van der Waals surface area contributed by atoms with Crippen LogP contribution in [0.1, 0.15) is 6.42 Å². The van der Waals surface area contributed by atoms with E-state index in [1.54, 1.807) is 24.5 Å². The number of carbonyl (C=O) groups excluding carboxylic acids is 1. The summed E-state index contributed by atoms with van der Waals surface area (Å²) >= 11 is 0. The number of anilines is 1. The van der Waals surface area contributed by atoms with Gasteiger partial charge in [0.1, 0.15) is 0 Å². The van der Waals surface area contributed by atoms with E-state index in [0.29, 0.717) is 5.69 Å². The molecule has 0 aliphatic rings. The second kappa shape index (κ2) is 5.31. The molecule has 1 rings (SSSR count). The van der Waals surface area contributed by atoms with Crippen LogP contribution in [0.2, 0.25) is 0 Å². The standard InChI is InChI=1S/C9H12N2O3/c12-6-8(13)5-9(14)11-7-1-3-10-4-2-7/h1-4,8,12-13H,5-6H2,(H,10,11,14)/t8-/m0/s1. The predicted octanol–water partition coefficient (Wildman–Crippen LogP) is -0.237. The number of rotatable bonds is 4. The molecule has 0 radical (unpaired) electrons. The Morgan fingerprint density at radius 2 is 2.14 bits per heavy atom. The number of hydrogen-bond donors (Lipinski definition) is 3. The molecule has 5 heteroatoms. The van der Waals surface area contributed by atoms with E-state index in [-0.39, 0.29) is 12.3 Å². The number of nitrogens with one attached hydrogen (secondary N) is 1. The number of aliphatic hydroxyl groups excluding tert-OH is 2. The summed E-state index contributed by atoms with van der Waals surface area (Å²) in [5.74, 6) is -0.335. The SMILES string of the molecule is O=C(C[C@H](O)CO)Nc1ccncc1. The van der Waals surface area contributed by atoms with Crippen LogP contribution in [0.5, 0.6) is 0 Å². The summed E-state index contributed by atoms with van der Waals surface area (Å²) in [6.45, 7) is -0.413. The largest absolute Gasteiger partial charge is 0.394 e. The number of aromatic nitrogens is 1. The molecule has 0 aliphatic carbocycles. The van der Waals surface area contributed by atoms with Crippen molar-refractivity contribution in [1.82, 2.24) is 4.98 Å². The molecule has 76 valence electrons. The first-order valence-corrected chi connectivity index (χ1v) is 4.21. The Hall–Kier alpha value is -1.46. The number of amides is 1. The molecule has 1 heterocycles. The van der Waals surface area contributed by atoms with Gasteiger partial charge in [-0.2, -0.15) is 0 Å². The molecule has 1 atom stereocenters. The van der Waals surface area contributed by atoms with Gasteiger partial charge in [0.25, 0.3) is 0 Å². The molecule has 1 amide bonds. The minimum absolute atomic E-state index is 0.112. The van der Waals surface area contributed by atoms with E-state index in [1.165, 1.54) is 0 Å². The first-order valence-electron chi connectivity index (χ1n) is 4.21. The van der Waals surface area contributed by atoms with E-state index in [2.05, 4.69) is 10.3 Å². The minimum Gasteiger partial charge on any atom is -0.394 e. The van der Waals surface area contributed by atoms with Crippen LogP contribution >= 0.6 is 0 Å². The summed E-state index contributed by atoms with van der Waals surface area (Å²) in [6.07, 6.45) is 1.99. The third-order valence-electron chi connectivity index (χ3n) is 1.60. The molecule has 1 aromatic rings. The Morgan fingerprint density at radius 3 is 2.71 bits per heavy atom. The molecule has 0 aliphatic heterocycles. The van der Waals surface area contributed by atoms with Gasteiger partial charge in [0.2, 0.25) is 5.91 Å². The van der Waals surface area contributed by atoms with E-state index in [9.17, 15) is 4.79 Å². The summed E-state index contributed by atoms with van der Waals surface area (Å²) in [7, 11) is 0. The summed E-state index contributed by atoms with van der Waals surface area (Å²) in [4.78, 5) is 15.0. The van der Waals surface area contributed by atoms with E-state index >= 15 is 0 Å². The van der Waals surface area contributed by atoms with Crippen molar-refractivity contribution < 1.29 is 15.0 Å². The van der Waals surface area contributed by atoms with Crippen LogP contribution in [0, 0.1) is 0 Å². The van der Waals surface area contributed by atoms with Gasteiger partial charge >= 0.3 is 0 Å². The van der Waals surface area contributed by atoms with Gasteiger partial charge in [0, 0.05) is 18.1 Å². The fraction of sp³-hybridized carbons (Fsp3) is 0.333. The molecule has 5 nitrogen and oxygen atoms in total. The lowest BCUT2D eigenvalue weighted by molar-refractivity contribution is -0.118. The van der Waals surface area contributed by atoms with E-state index < -0.39 is 12.7 Å². The Morgan fingerprint density at radius 1 is 1.50 bits per heavy atom. The zero-order valence-electron chi connectivity index (χ0n) is 7.55. The molecule has 0 spiro atoms. The van der Waals surface area contributed by atoms with Gasteiger partial charge < -0.3 is 15.5 Å². The highest BCUT2D eigenvalue weighted by Gasteiger charge is 2.09. The number of pyridine rings is 1. The van der Waals surface area contributed by atoms with Crippen LogP contribution in [0.4, 0.5) is 5.69 Å². The van der Waals surface area contributed by atoms with Gasteiger partial charge in [0.15, 0.2) is 0 Å². The fourth-order valence-corrected chi connectivity index (χ4v) is 0.926. The molecule has 0 aromatic carbocycles. The van der Waals surface area contributed by atoms with Gasteiger partial charge in [0.05, 0.1) is 19.1 Å². The molecule has 14 heavy (non-hydrogen) atoms. The zero-order valence-corrected chi connectivity index (χ0v) is 7.55. The first kappa shape index (κ1) is 10.6. The Labute approximate surface area is 81.4 Å². The lowest BCUT2D eigenvalue weighted by atomic mass is 10.2. The zero-order chi connectivity index (χ0) is 10.4. The van der Waals surface area contributed by atoms with Crippen molar-refractivity contribution in [1.29, 1.82) is 0 Å². The lowest BCUT2D eigenvalue weighted by Gasteiger charge is -2.07. The molecule has 0 fully saturated rings. The van der Waals surface area contributed by atoms with Crippen molar-refractivity contribution in [3.8, 4) is 0 Å². The summed E-state index contributed by atoms with van der Waals surface area (Å²) in [5.41, 5.74) is 0.620. The molecular weight excluding hydrogens is 184 g/mol. The second-order valence-corrected chi connectivity index (χ2v) is 2.82. The van der Waals surface area contributed by atoms with Gasteiger partial charge in [-0.25, -0.2) is 0 Å². The highest BCUT2D eigenvalue weighted by Crippen LogP contribution is 2.04. The first-order chi connectivity index (χ1) is 6.72. The smallest absolute Gasteiger partial charge is 0.227 e. The van der Waals surface area contributed by atoms with Crippen LogP contribution in [0.25, 0.3) is 0 Å². The van der Waals surface area contributed by atoms with Crippen molar-refractivity contribution in [3.05, 3.63) is 24.5 Å². The Balaban J connectivity index is 2.42. The molecule has 1 aromatic heterocycles. The lowest BCUT2D eigenvalue weighted by Crippen LogP contribution is -2.22. The number of hydrogen-bond acceptors (Lipinski definition) is 4. The molecule has 3 N–H and O–H groups in total. The predicted molar refractivity (Wildman–Crippen MR) is 50.6 cm³/mol. The monoisotopic (exact) mass is 196 g/mol. The van der Waals surface area contributed by atoms with Crippen molar-refractivity contribution >= 4 is 11.6 Å². The number of aliphatic hydroxyl groups is 2. The van der Waals surface area contributed by atoms with E-state index in [1.807, 2.05) is 0 Å². The van der Waals surface area contributed by atoms with Crippen LogP contribution in [-0.2, 0) is 4.79 Å². The topological polar surface area (TPSA) is 82.5 Å². The minimum atomic E-state index is -1.00. The van der Waals surface area contributed by atoms with Crippen molar-refractivity contribution in [2.24, 2.45) is 0 Å². The number of nitrogens with zero attached hydrogens (tertiary/aromatic N) is 1. The van der Waals surface area contributed by atoms with Gasteiger partial charge in [-0.15, -0.1) is 0 Å². The summed E-state index contributed by atoms with van der Waals surface area (Å²) in [6, 6.07) is 3.28. The normalized spacial score (nSPS) is 12.1. The average Bonchev–Trinajstić information content (AvgIpc) is 2.19. The van der Waals surface area contributed by atoms with Gasteiger partial charge in [-0.3, -0.25) is 9.78 Å². The van der Waals surface area contributed by atoms with Crippen LogP contribution < -0.4 is 5.32 Å². The van der Waals surface area contributed by atoms with E-state index in [4.69, 9.17) is 10.2 Å². The van der Waals surface area contributed by atoms with Crippen molar-refractivity contribution in [2.75, 3.05) is 11.9 Å². The van der Waals surface area contributed by atoms with Crippen molar-refractivity contribution in [3.63, 3.8) is 0 Å². The van der Waals surface area contributed by atoms with Gasteiger partial charge in [-0.1, -0.05) is 0 Å². The van der Waals surface area contributed by atoms with Crippen molar-refractivity contribution in [2.45, 2.75) is 12.5 Å². The quantitative estimate of drug-likeness (QED) is 0.621. The van der Waals surface area contributed by atoms with Crippen LogP contribution in [0.15, 0.2) is 24.5 Å².